The number of nitrogens with zero attached hydrogens (tertiary/aromatic N) is 6. The van der Waals surface area contributed by atoms with E-state index >= 15 is 0 Å². The predicted octanol–water partition coefficient (Wildman–Crippen LogP) is 3.42. The fourth-order valence-corrected chi connectivity index (χ4v) is 6.88. The predicted molar refractivity (Wildman–Crippen MR) is 207 cm³/mol. The van der Waals surface area contributed by atoms with Crippen LogP contribution in [0.15, 0.2) is 48.7 Å². The highest BCUT2D eigenvalue weighted by molar-refractivity contribution is 5.91. The number of piperazine rings is 1. The van der Waals surface area contributed by atoms with Crippen LogP contribution in [0.1, 0.15) is 40.0 Å². The number of carbonyl (C=O) groups excluding carboxylic acids is 3. The van der Waals surface area contributed by atoms with Gasteiger partial charge in [-0.3, -0.25) is 19.5 Å². The minimum atomic E-state index is -0.696. The first kappa shape index (κ1) is 40.5. The zero-order valence-electron chi connectivity index (χ0n) is 32.4. The Morgan fingerprint density at radius 2 is 1.68 bits per heavy atom. The number of aromatic amines is 1. The average Bonchev–Trinajstić information content (AvgIpc) is 3.83. The molecule has 2 aromatic carbocycles. The van der Waals surface area contributed by atoms with E-state index in [0.29, 0.717) is 68.2 Å². The van der Waals surface area contributed by atoms with E-state index in [-0.39, 0.29) is 68.3 Å². The van der Waals surface area contributed by atoms with Crippen molar-refractivity contribution in [3.8, 4) is 28.4 Å². The zero-order chi connectivity index (χ0) is 39.8. The van der Waals surface area contributed by atoms with E-state index in [0.717, 1.165) is 11.3 Å². The van der Waals surface area contributed by atoms with Crippen molar-refractivity contribution < 1.29 is 38.1 Å². The summed E-state index contributed by atoms with van der Waals surface area (Å²) in [6.45, 7) is 10.0. The van der Waals surface area contributed by atoms with Crippen LogP contribution in [0.5, 0.6) is 5.75 Å². The largest absolute Gasteiger partial charge is 0.496 e. The first-order valence-corrected chi connectivity index (χ1v) is 19.0. The molecule has 2 fully saturated rings. The van der Waals surface area contributed by atoms with Crippen molar-refractivity contribution in [1.82, 2.24) is 35.3 Å². The molecule has 0 spiro atoms. The van der Waals surface area contributed by atoms with Gasteiger partial charge in [-0.1, -0.05) is 39.0 Å². The molecule has 6 rings (SSSR count). The van der Waals surface area contributed by atoms with E-state index in [2.05, 4.69) is 30.4 Å². The Hall–Kier alpha value is -5.19. The van der Waals surface area contributed by atoms with Gasteiger partial charge in [-0.2, -0.15) is 5.10 Å². The van der Waals surface area contributed by atoms with E-state index in [4.69, 9.17) is 14.2 Å². The van der Waals surface area contributed by atoms with Gasteiger partial charge in [0.2, 0.25) is 17.7 Å². The van der Waals surface area contributed by atoms with Crippen LogP contribution in [0.4, 0.5) is 10.1 Å². The smallest absolute Gasteiger partial charge is 0.245 e. The molecule has 16 heteroatoms. The lowest BCUT2D eigenvalue weighted by Crippen LogP contribution is -2.54. The number of β-amino-alcohol motifs (C(OH)–C–C–N with tert-alkyl or cyclic N) is 1. The van der Waals surface area contributed by atoms with Crippen LogP contribution in [0.2, 0.25) is 0 Å². The number of likely N-dealkylation sites (tertiary alicyclic amines) is 1. The zero-order valence-corrected chi connectivity index (χ0v) is 32.4. The van der Waals surface area contributed by atoms with Crippen LogP contribution in [-0.4, -0.2) is 138 Å². The topological polar surface area (TPSA) is 175 Å². The van der Waals surface area contributed by atoms with Crippen LogP contribution in [-0.2, 0) is 23.9 Å². The standard InChI is InChI=1S/C40H51FN8O7/c1-40(2,3)37(39(53)49-15-12-28(50)25-49)43-32(51)13-20-55-22-23-56-21-14-33(52)48-18-16-47(17-19-48)27-10-8-26(9-11-27)35-36-30(45-46-35)24-42-38(44-36)34-29(41)6-5-7-31(34)54-4/h5-11,24,28,37,50H,12-23,25H2,1-4H3,(H,43,51)(H,45,46)/t28-,37-/m1/s1. The van der Waals surface area contributed by atoms with Gasteiger partial charge in [0, 0.05) is 56.9 Å². The maximum atomic E-state index is 14.8. The van der Waals surface area contributed by atoms with Gasteiger partial charge in [-0.15, -0.1) is 0 Å². The summed E-state index contributed by atoms with van der Waals surface area (Å²) in [5.41, 5.74) is 3.38. The Labute approximate surface area is 325 Å². The van der Waals surface area contributed by atoms with Crippen molar-refractivity contribution in [2.75, 3.05) is 77.7 Å². The molecule has 0 bridgehead atoms. The number of H-pyrrole nitrogens is 1. The number of anilines is 1. The molecule has 2 aliphatic heterocycles. The molecular weight excluding hydrogens is 723 g/mol. The molecule has 0 unspecified atom stereocenters. The van der Waals surface area contributed by atoms with Gasteiger partial charge >= 0.3 is 0 Å². The summed E-state index contributed by atoms with van der Waals surface area (Å²) >= 11 is 0. The number of fused-ring (bicyclic) bond motifs is 1. The lowest BCUT2D eigenvalue weighted by Gasteiger charge is -2.36. The summed E-state index contributed by atoms with van der Waals surface area (Å²) in [7, 11) is 1.48. The Morgan fingerprint density at radius 1 is 0.964 bits per heavy atom. The molecule has 15 nitrogen and oxygen atoms in total. The quantitative estimate of drug-likeness (QED) is 0.151. The summed E-state index contributed by atoms with van der Waals surface area (Å²) in [5, 5.41) is 20.1. The Morgan fingerprint density at radius 3 is 2.34 bits per heavy atom. The second-order valence-corrected chi connectivity index (χ2v) is 15.1. The Kier molecular flexibility index (Phi) is 13.1. The van der Waals surface area contributed by atoms with Crippen molar-refractivity contribution in [2.45, 2.75) is 52.2 Å². The summed E-state index contributed by atoms with van der Waals surface area (Å²) in [6.07, 6.45) is 1.97. The molecule has 3 amide bonds. The highest BCUT2D eigenvalue weighted by Gasteiger charge is 2.37. The molecule has 4 heterocycles. The maximum Gasteiger partial charge on any atom is 0.245 e. The number of amides is 3. The Balaban J connectivity index is 0.886. The Bertz CT molecular complexity index is 1980. The summed E-state index contributed by atoms with van der Waals surface area (Å²) in [4.78, 5) is 53.2. The van der Waals surface area contributed by atoms with Crippen molar-refractivity contribution >= 4 is 34.4 Å². The number of methoxy groups -OCH3 is 1. The molecule has 4 aromatic rings. The lowest BCUT2D eigenvalue weighted by molar-refractivity contribution is -0.139. The third-order valence-electron chi connectivity index (χ3n) is 10.1. The number of halogens is 1. The molecule has 3 N–H and O–H groups in total. The molecule has 2 aliphatic rings. The van der Waals surface area contributed by atoms with Crippen molar-refractivity contribution in [1.29, 1.82) is 0 Å². The molecule has 2 atom stereocenters. The van der Waals surface area contributed by atoms with Crippen molar-refractivity contribution in [3.05, 3.63) is 54.5 Å². The molecule has 2 saturated heterocycles. The van der Waals surface area contributed by atoms with Gasteiger partial charge in [0.1, 0.15) is 34.3 Å². The van der Waals surface area contributed by atoms with Gasteiger partial charge in [0.15, 0.2) is 5.82 Å². The number of nitrogens with one attached hydrogen (secondary N) is 2. The second-order valence-electron chi connectivity index (χ2n) is 15.1. The lowest BCUT2D eigenvalue weighted by atomic mass is 9.85. The van der Waals surface area contributed by atoms with Crippen molar-refractivity contribution in [3.63, 3.8) is 0 Å². The maximum absolute atomic E-state index is 14.8. The van der Waals surface area contributed by atoms with Gasteiger partial charge in [-0.05, 0) is 36.1 Å². The van der Waals surface area contributed by atoms with E-state index in [9.17, 15) is 23.9 Å². The van der Waals surface area contributed by atoms with Crippen LogP contribution in [0.25, 0.3) is 33.7 Å². The minimum absolute atomic E-state index is 0.0313. The molecule has 2 aromatic heterocycles. The molecule has 300 valence electrons. The molecule has 56 heavy (non-hydrogen) atoms. The minimum Gasteiger partial charge on any atom is -0.496 e. The summed E-state index contributed by atoms with van der Waals surface area (Å²) < 4.78 is 31.3. The fourth-order valence-electron chi connectivity index (χ4n) is 6.88. The van der Waals surface area contributed by atoms with Gasteiger partial charge in [0.25, 0.3) is 0 Å². The first-order chi connectivity index (χ1) is 26.9. The van der Waals surface area contributed by atoms with E-state index < -0.39 is 23.4 Å². The first-order valence-electron chi connectivity index (χ1n) is 19.0. The summed E-state index contributed by atoms with van der Waals surface area (Å²) in [6, 6.07) is 11.9. The van der Waals surface area contributed by atoms with E-state index in [1.165, 1.54) is 13.2 Å². The second kappa shape index (κ2) is 18.2. The van der Waals surface area contributed by atoms with E-state index in [1.54, 1.807) is 23.2 Å². The number of aliphatic hydroxyl groups is 1. The fraction of sp³-hybridized carbons (Fsp3) is 0.500. The third kappa shape index (κ3) is 9.78. The number of carbonyl (C=O) groups is 3. The van der Waals surface area contributed by atoms with Gasteiger partial charge in [0.05, 0.1) is 57.8 Å². The third-order valence-corrected chi connectivity index (χ3v) is 10.1. The SMILES string of the molecule is COc1cccc(F)c1-c1ncc2[nH]nc(-c3ccc(N4CCN(C(=O)CCOCCOCCC(=O)N[C@H](C(=O)N5CC[C@@H](O)C5)C(C)(C)C)CC4)cc3)c2n1. The highest BCUT2D eigenvalue weighted by atomic mass is 19.1. The average molecular weight is 775 g/mol. The number of aromatic nitrogens is 4. The van der Waals surface area contributed by atoms with E-state index in [1.807, 2.05) is 49.9 Å². The normalized spacial score (nSPS) is 16.7. The van der Waals surface area contributed by atoms with Gasteiger partial charge in [-0.25, -0.2) is 14.4 Å². The molecular formula is C40H51FN8O7. The van der Waals surface area contributed by atoms with Crippen LogP contribution in [0, 0.1) is 11.2 Å². The molecule has 0 radical (unpaired) electrons. The number of hydrogen-bond donors (Lipinski definition) is 3. The highest BCUT2D eigenvalue weighted by Crippen LogP contribution is 2.33. The van der Waals surface area contributed by atoms with Crippen LogP contribution < -0.4 is 15.0 Å². The number of ether oxygens (including phenoxy) is 3. The number of rotatable bonds is 15. The molecule has 0 saturated carbocycles. The van der Waals surface area contributed by atoms with Crippen LogP contribution in [0.3, 0.4) is 0 Å². The number of benzene rings is 2. The number of hydrogen-bond acceptors (Lipinski definition) is 11. The van der Waals surface area contributed by atoms with Crippen LogP contribution >= 0.6 is 0 Å². The van der Waals surface area contributed by atoms with Gasteiger partial charge < -0.3 is 39.3 Å². The molecule has 0 aliphatic carbocycles. The summed E-state index contributed by atoms with van der Waals surface area (Å²) in [5.74, 6) is -0.360. The van der Waals surface area contributed by atoms with Crippen molar-refractivity contribution in [2.24, 2.45) is 5.41 Å². The monoisotopic (exact) mass is 774 g/mol. The number of aliphatic hydroxyl groups excluding tert-OH is 1.